The average molecular weight is 264 g/mol. The Morgan fingerprint density at radius 3 is 2.58 bits per heavy atom. The normalized spacial score (nSPS) is 17.2. The summed E-state index contributed by atoms with van der Waals surface area (Å²) in [6.45, 7) is 4.64. The molecule has 1 fully saturated rings. The maximum Gasteiger partial charge on any atom is 0.254 e. The number of likely N-dealkylation sites (tertiary alicyclic amines) is 1. The molecule has 1 amide bonds. The molecule has 5 heteroatoms. The highest BCUT2D eigenvalue weighted by molar-refractivity contribution is 5.96. The fourth-order valence-corrected chi connectivity index (χ4v) is 2.17. The maximum atomic E-state index is 12.2. The van der Waals surface area contributed by atoms with Crippen molar-refractivity contribution in [1.82, 2.24) is 4.90 Å². The Kier molecular flexibility index (Phi) is 3.41. The molecular weight excluding hydrogens is 244 g/mol. The first kappa shape index (κ1) is 13.7. The molecule has 5 nitrogen and oxygen atoms in total. The Hall–Kier alpha value is -1.75. The molecule has 1 aliphatic rings. The van der Waals surface area contributed by atoms with Crippen LogP contribution >= 0.6 is 0 Å². The van der Waals surface area contributed by atoms with Crippen LogP contribution in [0.5, 0.6) is 5.75 Å². The number of β-amino-alcohol motifs (C(OH)–C–C–N with tert-alkyl or cyclic N) is 1. The fraction of sp³-hybridized carbons (Fsp3) is 0.500. The lowest BCUT2D eigenvalue weighted by Gasteiger charge is -2.49. The zero-order valence-corrected chi connectivity index (χ0v) is 11.5. The molecule has 0 radical (unpaired) electrons. The first-order valence-corrected chi connectivity index (χ1v) is 6.32. The molecule has 0 spiro atoms. The Morgan fingerprint density at radius 2 is 2.11 bits per heavy atom. The van der Waals surface area contributed by atoms with E-state index in [1.165, 1.54) is 7.11 Å². The fourth-order valence-electron chi connectivity index (χ4n) is 2.17. The minimum Gasteiger partial charge on any atom is -0.495 e. The highest BCUT2D eigenvalue weighted by atomic mass is 16.5. The van der Waals surface area contributed by atoms with Crippen LogP contribution in [0.4, 0.5) is 5.69 Å². The van der Waals surface area contributed by atoms with Crippen molar-refractivity contribution in [3.63, 3.8) is 0 Å². The van der Waals surface area contributed by atoms with Gasteiger partial charge in [-0.3, -0.25) is 4.79 Å². The van der Waals surface area contributed by atoms with Gasteiger partial charge in [-0.2, -0.15) is 0 Å². The number of ether oxygens (including phenoxy) is 1. The molecule has 1 aromatic rings. The first-order chi connectivity index (χ1) is 8.87. The van der Waals surface area contributed by atoms with Gasteiger partial charge in [-0.25, -0.2) is 0 Å². The van der Waals surface area contributed by atoms with Crippen molar-refractivity contribution in [2.45, 2.75) is 19.4 Å². The van der Waals surface area contributed by atoms with E-state index in [0.717, 1.165) is 0 Å². The molecule has 1 heterocycles. The number of carbonyl (C=O) groups is 1. The van der Waals surface area contributed by atoms with Crippen molar-refractivity contribution in [3.05, 3.63) is 23.8 Å². The van der Waals surface area contributed by atoms with Crippen LogP contribution in [-0.4, -0.2) is 41.7 Å². The number of hydrogen-bond donors (Lipinski definition) is 2. The number of nitrogens with two attached hydrogens (primary N) is 1. The summed E-state index contributed by atoms with van der Waals surface area (Å²) < 4.78 is 5.06. The van der Waals surface area contributed by atoms with Gasteiger partial charge in [-0.05, 0) is 24.1 Å². The minimum absolute atomic E-state index is 0.111. The molecule has 19 heavy (non-hydrogen) atoms. The first-order valence-electron chi connectivity index (χ1n) is 6.32. The number of nitrogen functional groups attached to an aromatic ring is 1. The van der Waals surface area contributed by atoms with Gasteiger partial charge in [0.1, 0.15) is 11.4 Å². The summed E-state index contributed by atoms with van der Waals surface area (Å²) in [7, 11) is 1.53. The smallest absolute Gasteiger partial charge is 0.254 e. The second kappa shape index (κ2) is 4.74. The summed E-state index contributed by atoms with van der Waals surface area (Å²) >= 11 is 0. The van der Waals surface area contributed by atoms with E-state index < -0.39 is 5.60 Å². The molecule has 0 saturated carbocycles. The van der Waals surface area contributed by atoms with Crippen molar-refractivity contribution >= 4 is 11.6 Å². The summed E-state index contributed by atoms with van der Waals surface area (Å²) in [5, 5.41) is 10.2. The number of aliphatic hydroxyl groups is 1. The standard InChI is InChI=1S/C14H20N2O3/c1-9(2)14(18)7-16(8-14)13(17)10-4-5-12(19-3)11(15)6-10/h4-6,9,18H,7-8,15H2,1-3H3. The van der Waals surface area contributed by atoms with E-state index in [2.05, 4.69) is 0 Å². The van der Waals surface area contributed by atoms with Crippen LogP contribution in [0.25, 0.3) is 0 Å². The average Bonchev–Trinajstić information content (AvgIpc) is 2.33. The minimum atomic E-state index is -0.756. The van der Waals surface area contributed by atoms with Crippen molar-refractivity contribution in [3.8, 4) is 5.75 Å². The molecule has 3 N–H and O–H groups in total. The van der Waals surface area contributed by atoms with Gasteiger partial charge >= 0.3 is 0 Å². The SMILES string of the molecule is COc1ccc(C(=O)N2CC(O)(C(C)C)C2)cc1N. The molecule has 1 aliphatic heterocycles. The van der Waals surface area contributed by atoms with E-state index in [4.69, 9.17) is 10.5 Å². The number of nitrogens with zero attached hydrogens (tertiary/aromatic N) is 1. The van der Waals surface area contributed by atoms with Gasteiger partial charge < -0.3 is 20.5 Å². The van der Waals surface area contributed by atoms with Gasteiger partial charge in [0, 0.05) is 5.56 Å². The number of amides is 1. The maximum absolute atomic E-state index is 12.2. The van der Waals surface area contributed by atoms with E-state index in [1.54, 1.807) is 23.1 Å². The summed E-state index contributed by atoms with van der Waals surface area (Å²) in [6, 6.07) is 4.97. The van der Waals surface area contributed by atoms with Gasteiger partial charge in [0.25, 0.3) is 5.91 Å². The van der Waals surface area contributed by atoms with Gasteiger partial charge in [0.2, 0.25) is 0 Å². The van der Waals surface area contributed by atoms with Crippen molar-refractivity contribution in [2.75, 3.05) is 25.9 Å². The molecule has 0 aromatic heterocycles. The predicted octanol–water partition coefficient (Wildman–Crippen LogP) is 1.12. The van der Waals surface area contributed by atoms with Crippen molar-refractivity contribution in [1.29, 1.82) is 0 Å². The van der Waals surface area contributed by atoms with Gasteiger partial charge in [0.15, 0.2) is 0 Å². The Morgan fingerprint density at radius 1 is 1.47 bits per heavy atom. The van der Waals surface area contributed by atoms with Crippen LogP contribution in [0.15, 0.2) is 18.2 Å². The molecule has 0 atom stereocenters. The lowest BCUT2D eigenvalue weighted by molar-refractivity contribution is -0.110. The van der Waals surface area contributed by atoms with Crippen LogP contribution in [0.3, 0.4) is 0 Å². The van der Waals surface area contributed by atoms with Gasteiger partial charge in [-0.1, -0.05) is 13.8 Å². The van der Waals surface area contributed by atoms with E-state index in [0.29, 0.717) is 30.1 Å². The van der Waals surface area contributed by atoms with E-state index in [9.17, 15) is 9.90 Å². The number of benzene rings is 1. The third kappa shape index (κ3) is 2.38. The molecule has 2 rings (SSSR count). The van der Waals surface area contributed by atoms with Crippen molar-refractivity contribution in [2.24, 2.45) is 5.92 Å². The molecule has 0 aliphatic carbocycles. The van der Waals surface area contributed by atoms with Crippen LogP contribution in [0.2, 0.25) is 0 Å². The highest BCUT2D eigenvalue weighted by Crippen LogP contribution is 2.30. The lowest BCUT2D eigenvalue weighted by Crippen LogP contribution is -2.65. The Balaban J connectivity index is 2.08. The van der Waals surface area contributed by atoms with E-state index in [-0.39, 0.29) is 11.8 Å². The zero-order valence-electron chi connectivity index (χ0n) is 11.5. The highest BCUT2D eigenvalue weighted by Gasteiger charge is 2.45. The number of rotatable bonds is 3. The van der Waals surface area contributed by atoms with Crippen molar-refractivity contribution < 1.29 is 14.6 Å². The second-order valence-corrected chi connectivity index (χ2v) is 5.38. The van der Waals surface area contributed by atoms with Crippen LogP contribution in [0.1, 0.15) is 24.2 Å². The lowest BCUT2D eigenvalue weighted by atomic mass is 9.82. The monoisotopic (exact) mass is 264 g/mol. The van der Waals surface area contributed by atoms with Crippen LogP contribution in [-0.2, 0) is 0 Å². The van der Waals surface area contributed by atoms with E-state index >= 15 is 0 Å². The quantitative estimate of drug-likeness (QED) is 0.802. The van der Waals surface area contributed by atoms with E-state index in [1.807, 2.05) is 13.8 Å². The molecular formula is C14H20N2O3. The molecule has 104 valence electrons. The number of methoxy groups -OCH3 is 1. The number of hydrogen-bond acceptors (Lipinski definition) is 4. The molecule has 1 saturated heterocycles. The van der Waals surface area contributed by atoms with Crippen LogP contribution < -0.4 is 10.5 Å². The van der Waals surface area contributed by atoms with Gasteiger partial charge in [-0.15, -0.1) is 0 Å². The Labute approximate surface area is 113 Å². The van der Waals surface area contributed by atoms with Gasteiger partial charge in [0.05, 0.1) is 25.9 Å². The second-order valence-electron chi connectivity index (χ2n) is 5.38. The largest absolute Gasteiger partial charge is 0.495 e. The third-order valence-corrected chi connectivity index (χ3v) is 3.77. The third-order valence-electron chi connectivity index (χ3n) is 3.77. The summed E-state index contributed by atoms with van der Waals surface area (Å²) in [4.78, 5) is 13.8. The summed E-state index contributed by atoms with van der Waals surface area (Å²) in [5.74, 6) is 0.580. The Bertz CT molecular complexity index is 493. The number of anilines is 1. The molecule has 0 bridgehead atoms. The zero-order chi connectivity index (χ0) is 14.2. The topological polar surface area (TPSA) is 75.8 Å². The van der Waals surface area contributed by atoms with Crippen LogP contribution in [0, 0.1) is 5.92 Å². The summed E-state index contributed by atoms with van der Waals surface area (Å²) in [6.07, 6.45) is 0. The molecule has 1 aromatic carbocycles. The number of carbonyl (C=O) groups excluding carboxylic acids is 1. The summed E-state index contributed by atoms with van der Waals surface area (Å²) in [5.41, 5.74) is 5.99. The molecule has 0 unspecified atom stereocenters. The predicted molar refractivity (Wildman–Crippen MR) is 73.1 cm³/mol.